The number of para-hydroxylation sites is 2. The maximum Gasteiger partial charge on any atom is 0.409 e. The van der Waals surface area contributed by atoms with E-state index in [1.54, 1.807) is 47.5 Å². The van der Waals surface area contributed by atoms with Crippen molar-refractivity contribution in [2.24, 2.45) is 0 Å². The number of aryl methyl sites for hydroxylation is 1. The van der Waals surface area contributed by atoms with E-state index < -0.39 is 12.0 Å². The Bertz CT molecular complexity index is 1210. The molecule has 2 aromatic carbocycles. The molecule has 0 aliphatic carbocycles. The van der Waals surface area contributed by atoms with Gasteiger partial charge in [-0.15, -0.1) is 0 Å². The SMILES string of the molecule is Cc1cccc(NC(=O)N(CCN(C)C)Cc2ccc(C(=O)Nc3ccccc3NC(=O)O)nc2)c1. The highest BCUT2D eigenvalue weighted by Crippen LogP contribution is 2.21. The molecular formula is C26H30N6O4. The van der Waals surface area contributed by atoms with Crippen LogP contribution in [-0.4, -0.2) is 65.1 Å². The van der Waals surface area contributed by atoms with Gasteiger partial charge in [0.15, 0.2) is 0 Å². The van der Waals surface area contributed by atoms with Gasteiger partial charge in [-0.05, 0) is 62.5 Å². The smallest absolute Gasteiger partial charge is 0.409 e. The molecule has 0 saturated heterocycles. The Kier molecular flexibility index (Phi) is 8.95. The number of likely N-dealkylation sites (N-methyl/N-ethyl adjacent to an activating group) is 1. The Morgan fingerprint density at radius 1 is 0.889 bits per heavy atom. The minimum Gasteiger partial charge on any atom is -0.465 e. The van der Waals surface area contributed by atoms with Gasteiger partial charge < -0.3 is 25.5 Å². The predicted molar refractivity (Wildman–Crippen MR) is 139 cm³/mol. The molecule has 0 atom stereocenters. The third-order valence-corrected chi connectivity index (χ3v) is 5.22. The van der Waals surface area contributed by atoms with Crippen LogP contribution >= 0.6 is 0 Å². The topological polar surface area (TPSA) is 127 Å². The summed E-state index contributed by atoms with van der Waals surface area (Å²) in [6.07, 6.45) is 0.322. The summed E-state index contributed by atoms with van der Waals surface area (Å²) in [6, 6.07) is 17.2. The molecule has 0 bridgehead atoms. The lowest BCUT2D eigenvalue weighted by molar-refractivity contribution is 0.102. The molecule has 0 radical (unpaired) electrons. The maximum absolute atomic E-state index is 13.0. The number of urea groups is 1. The molecule has 3 aromatic rings. The molecule has 0 spiro atoms. The van der Waals surface area contributed by atoms with Gasteiger partial charge in [-0.25, -0.2) is 9.59 Å². The van der Waals surface area contributed by atoms with Gasteiger partial charge in [0.2, 0.25) is 0 Å². The average molecular weight is 491 g/mol. The van der Waals surface area contributed by atoms with Crippen molar-refractivity contribution in [1.29, 1.82) is 0 Å². The second-order valence-electron chi connectivity index (χ2n) is 8.51. The summed E-state index contributed by atoms with van der Waals surface area (Å²) in [4.78, 5) is 44.6. The zero-order chi connectivity index (χ0) is 26.1. The van der Waals surface area contributed by atoms with E-state index in [0.29, 0.717) is 25.3 Å². The molecule has 4 amide bonds. The van der Waals surface area contributed by atoms with E-state index >= 15 is 0 Å². The first-order chi connectivity index (χ1) is 17.2. The van der Waals surface area contributed by atoms with E-state index in [9.17, 15) is 14.4 Å². The molecule has 188 valence electrons. The van der Waals surface area contributed by atoms with Gasteiger partial charge in [0.25, 0.3) is 5.91 Å². The molecule has 1 aromatic heterocycles. The van der Waals surface area contributed by atoms with Crippen molar-refractivity contribution in [2.75, 3.05) is 43.1 Å². The van der Waals surface area contributed by atoms with Crippen molar-refractivity contribution in [3.05, 3.63) is 83.7 Å². The lowest BCUT2D eigenvalue weighted by Crippen LogP contribution is -2.39. The van der Waals surface area contributed by atoms with Gasteiger partial charge in [0.05, 0.1) is 11.4 Å². The number of carbonyl (C=O) groups excluding carboxylic acids is 2. The fraction of sp³-hybridized carbons (Fsp3) is 0.231. The number of carboxylic acid groups (broad SMARTS) is 1. The summed E-state index contributed by atoms with van der Waals surface area (Å²) < 4.78 is 0. The van der Waals surface area contributed by atoms with Crippen molar-refractivity contribution in [3.63, 3.8) is 0 Å². The number of amides is 4. The number of pyridine rings is 1. The zero-order valence-corrected chi connectivity index (χ0v) is 20.5. The number of hydrogen-bond donors (Lipinski definition) is 4. The molecule has 10 heteroatoms. The summed E-state index contributed by atoms with van der Waals surface area (Å²) in [6.45, 7) is 3.45. The van der Waals surface area contributed by atoms with Crippen molar-refractivity contribution >= 4 is 35.1 Å². The lowest BCUT2D eigenvalue weighted by Gasteiger charge is -2.25. The normalized spacial score (nSPS) is 10.6. The highest BCUT2D eigenvalue weighted by molar-refractivity contribution is 6.05. The molecule has 0 fully saturated rings. The molecule has 0 saturated carbocycles. The van der Waals surface area contributed by atoms with Crippen LogP contribution in [0.15, 0.2) is 66.9 Å². The van der Waals surface area contributed by atoms with Crippen LogP contribution < -0.4 is 16.0 Å². The van der Waals surface area contributed by atoms with E-state index in [1.807, 2.05) is 50.2 Å². The Hall–Kier alpha value is -4.44. The van der Waals surface area contributed by atoms with E-state index in [2.05, 4.69) is 20.9 Å². The minimum atomic E-state index is -1.23. The first-order valence-corrected chi connectivity index (χ1v) is 11.3. The number of aromatic nitrogens is 1. The van der Waals surface area contributed by atoms with Gasteiger partial charge in [-0.2, -0.15) is 0 Å². The average Bonchev–Trinajstić information content (AvgIpc) is 2.83. The largest absolute Gasteiger partial charge is 0.465 e. The van der Waals surface area contributed by atoms with Crippen molar-refractivity contribution < 1.29 is 19.5 Å². The Labute approximate surface area is 209 Å². The molecule has 4 N–H and O–H groups in total. The van der Waals surface area contributed by atoms with Gasteiger partial charge in [0.1, 0.15) is 5.69 Å². The number of nitrogens with one attached hydrogen (secondary N) is 3. The van der Waals surface area contributed by atoms with Gasteiger partial charge in [-0.3, -0.25) is 15.1 Å². The van der Waals surface area contributed by atoms with Crippen LogP contribution in [0, 0.1) is 6.92 Å². The standard InChI is InChI=1S/C26H30N6O4/c1-18-7-6-8-20(15-18)28-25(34)32(14-13-31(2)3)17-19-11-12-23(27-16-19)24(33)29-21-9-4-5-10-22(21)30-26(35)36/h4-12,15-16,30H,13-14,17H2,1-3H3,(H,28,34)(H,29,33)(H,35,36). The quantitative estimate of drug-likeness (QED) is 0.354. The fourth-order valence-electron chi connectivity index (χ4n) is 3.37. The third kappa shape index (κ3) is 7.81. The summed E-state index contributed by atoms with van der Waals surface area (Å²) in [5.41, 5.74) is 3.26. The van der Waals surface area contributed by atoms with Crippen LogP contribution in [0.3, 0.4) is 0 Å². The number of nitrogens with zero attached hydrogens (tertiary/aromatic N) is 3. The first kappa shape index (κ1) is 26.2. The molecular weight excluding hydrogens is 460 g/mol. The number of rotatable bonds is 9. The van der Waals surface area contributed by atoms with E-state index in [-0.39, 0.29) is 17.4 Å². The number of benzene rings is 2. The molecule has 0 aliphatic heterocycles. The van der Waals surface area contributed by atoms with Crippen molar-refractivity contribution in [1.82, 2.24) is 14.8 Å². The van der Waals surface area contributed by atoms with E-state index in [0.717, 1.165) is 16.8 Å². The van der Waals surface area contributed by atoms with Gasteiger partial charge >= 0.3 is 12.1 Å². The number of anilines is 3. The molecule has 0 aliphatic rings. The Morgan fingerprint density at radius 2 is 1.61 bits per heavy atom. The van der Waals surface area contributed by atoms with Crippen molar-refractivity contribution in [2.45, 2.75) is 13.5 Å². The van der Waals surface area contributed by atoms with Crippen LogP contribution in [0.4, 0.5) is 26.7 Å². The molecule has 1 heterocycles. The molecule has 3 rings (SSSR count). The van der Waals surface area contributed by atoms with E-state index in [4.69, 9.17) is 5.11 Å². The predicted octanol–water partition coefficient (Wildman–Crippen LogP) is 4.33. The Balaban J connectivity index is 1.69. The minimum absolute atomic E-state index is 0.160. The second kappa shape index (κ2) is 12.3. The van der Waals surface area contributed by atoms with Crippen LogP contribution in [-0.2, 0) is 6.54 Å². The van der Waals surface area contributed by atoms with Crippen molar-refractivity contribution in [3.8, 4) is 0 Å². The van der Waals surface area contributed by atoms with Crippen LogP contribution in [0.2, 0.25) is 0 Å². The van der Waals surface area contributed by atoms with Gasteiger partial charge in [-0.1, -0.05) is 30.3 Å². The molecule has 0 unspecified atom stereocenters. The number of carbonyl (C=O) groups is 3. The lowest BCUT2D eigenvalue weighted by atomic mass is 10.2. The highest BCUT2D eigenvalue weighted by Gasteiger charge is 2.16. The van der Waals surface area contributed by atoms with Crippen LogP contribution in [0.25, 0.3) is 0 Å². The molecule has 36 heavy (non-hydrogen) atoms. The van der Waals surface area contributed by atoms with Gasteiger partial charge in [0, 0.05) is 31.5 Å². The monoisotopic (exact) mass is 490 g/mol. The fourth-order valence-corrected chi connectivity index (χ4v) is 3.37. The summed E-state index contributed by atoms with van der Waals surface area (Å²) in [5, 5.41) is 16.8. The summed E-state index contributed by atoms with van der Waals surface area (Å²) in [7, 11) is 3.88. The number of hydrogen-bond acceptors (Lipinski definition) is 5. The maximum atomic E-state index is 13.0. The highest BCUT2D eigenvalue weighted by atomic mass is 16.4. The first-order valence-electron chi connectivity index (χ1n) is 11.3. The van der Waals surface area contributed by atoms with Crippen LogP contribution in [0.5, 0.6) is 0 Å². The summed E-state index contributed by atoms with van der Waals surface area (Å²) >= 11 is 0. The molecule has 10 nitrogen and oxygen atoms in total. The third-order valence-electron chi connectivity index (χ3n) is 5.22. The second-order valence-corrected chi connectivity index (χ2v) is 8.51. The zero-order valence-electron chi connectivity index (χ0n) is 20.5. The van der Waals surface area contributed by atoms with E-state index in [1.165, 1.54) is 0 Å². The Morgan fingerprint density at radius 3 is 2.22 bits per heavy atom. The summed E-state index contributed by atoms with van der Waals surface area (Å²) in [5.74, 6) is -0.483. The van der Waals surface area contributed by atoms with Crippen LogP contribution in [0.1, 0.15) is 21.6 Å².